The van der Waals surface area contributed by atoms with Gasteiger partial charge in [-0.1, -0.05) is 35.9 Å². The van der Waals surface area contributed by atoms with Crippen LogP contribution in [0.2, 0.25) is 5.02 Å². The fraction of sp³-hybridized carbons (Fsp3) is 0.130. The Morgan fingerprint density at radius 1 is 0.903 bits per heavy atom. The van der Waals surface area contributed by atoms with Gasteiger partial charge in [0, 0.05) is 5.02 Å². The molecule has 8 heteroatoms. The Kier molecular flexibility index (Phi) is 5.04. The van der Waals surface area contributed by atoms with E-state index in [1.54, 1.807) is 41.5 Å². The summed E-state index contributed by atoms with van der Waals surface area (Å²) in [4.78, 5) is 33.9. The Morgan fingerprint density at radius 3 is 2.29 bits per heavy atom. The number of rotatable bonds is 3. The fourth-order valence-electron chi connectivity index (χ4n) is 4.09. The van der Waals surface area contributed by atoms with Gasteiger partial charge < -0.3 is 0 Å². The van der Waals surface area contributed by atoms with E-state index in [1.807, 2.05) is 30.3 Å². The van der Waals surface area contributed by atoms with Crippen LogP contribution < -0.4 is 9.96 Å². The van der Waals surface area contributed by atoms with Crippen LogP contribution in [0, 0.1) is 11.7 Å². The van der Waals surface area contributed by atoms with E-state index < -0.39 is 29.8 Å². The monoisotopic (exact) mass is 500 g/mol. The highest BCUT2D eigenvalue weighted by atomic mass is 79.9. The molecule has 0 radical (unpaired) electrons. The molecule has 2 fully saturated rings. The molecule has 0 spiro atoms. The zero-order valence-corrected chi connectivity index (χ0v) is 18.3. The molecule has 2 saturated heterocycles. The minimum atomic E-state index is -0.989. The van der Waals surface area contributed by atoms with Crippen molar-refractivity contribution in [2.45, 2.75) is 12.1 Å². The van der Waals surface area contributed by atoms with E-state index in [0.717, 1.165) is 4.90 Å². The van der Waals surface area contributed by atoms with Gasteiger partial charge in [-0.25, -0.2) is 14.4 Å². The Morgan fingerprint density at radius 2 is 1.61 bits per heavy atom. The van der Waals surface area contributed by atoms with Gasteiger partial charge in [0.1, 0.15) is 11.7 Å². The minimum Gasteiger partial charge on any atom is -0.273 e. The van der Waals surface area contributed by atoms with Crippen LogP contribution in [0.1, 0.15) is 11.6 Å². The van der Waals surface area contributed by atoms with E-state index in [9.17, 15) is 14.0 Å². The summed E-state index contributed by atoms with van der Waals surface area (Å²) in [5, 5.41) is 2.08. The third kappa shape index (κ3) is 3.33. The molecule has 3 aromatic carbocycles. The van der Waals surface area contributed by atoms with Gasteiger partial charge in [0.15, 0.2) is 6.10 Å². The molecule has 3 atom stereocenters. The van der Waals surface area contributed by atoms with Gasteiger partial charge in [0.05, 0.1) is 21.9 Å². The summed E-state index contributed by atoms with van der Waals surface area (Å²) in [6.45, 7) is 0. The largest absolute Gasteiger partial charge is 0.273 e. The Bertz CT molecular complexity index is 1180. The van der Waals surface area contributed by atoms with Gasteiger partial charge in [-0.3, -0.25) is 14.4 Å². The SMILES string of the molecule is O=C1C2ON(c3ccccc3)C(c3ccc(F)c(Br)c3)C2C(=O)N1c1ccc(Cl)cc1. The number of fused-ring (bicyclic) bond motifs is 1. The van der Waals surface area contributed by atoms with Crippen LogP contribution in [0.4, 0.5) is 15.8 Å². The smallest absolute Gasteiger partial charge is 0.266 e. The van der Waals surface area contributed by atoms with Crippen LogP contribution in [0.25, 0.3) is 0 Å². The Labute approximate surface area is 191 Å². The topological polar surface area (TPSA) is 49.9 Å². The fourth-order valence-corrected chi connectivity index (χ4v) is 4.62. The summed E-state index contributed by atoms with van der Waals surface area (Å²) in [7, 11) is 0. The second-order valence-electron chi connectivity index (χ2n) is 7.32. The second kappa shape index (κ2) is 7.75. The average molecular weight is 502 g/mol. The molecule has 0 saturated carbocycles. The van der Waals surface area contributed by atoms with Crippen molar-refractivity contribution >= 4 is 50.7 Å². The molecule has 2 amide bonds. The first-order valence-electron chi connectivity index (χ1n) is 9.55. The van der Waals surface area contributed by atoms with Crippen molar-refractivity contribution in [1.82, 2.24) is 0 Å². The maximum Gasteiger partial charge on any atom is 0.266 e. The molecule has 3 aromatic rings. The van der Waals surface area contributed by atoms with E-state index in [1.165, 1.54) is 6.07 Å². The van der Waals surface area contributed by atoms with Crippen molar-refractivity contribution in [3.05, 3.63) is 93.7 Å². The maximum absolute atomic E-state index is 13.9. The first-order valence-corrected chi connectivity index (χ1v) is 10.7. The van der Waals surface area contributed by atoms with E-state index in [2.05, 4.69) is 15.9 Å². The predicted molar refractivity (Wildman–Crippen MR) is 118 cm³/mol. The lowest BCUT2D eigenvalue weighted by Gasteiger charge is -2.29. The van der Waals surface area contributed by atoms with Gasteiger partial charge in [0.25, 0.3) is 5.91 Å². The number of hydrogen-bond acceptors (Lipinski definition) is 4. The van der Waals surface area contributed by atoms with Gasteiger partial charge in [0.2, 0.25) is 5.91 Å². The number of para-hydroxylation sites is 1. The molecule has 5 nitrogen and oxygen atoms in total. The van der Waals surface area contributed by atoms with Gasteiger partial charge >= 0.3 is 0 Å². The van der Waals surface area contributed by atoms with Gasteiger partial charge in [-0.15, -0.1) is 0 Å². The maximum atomic E-state index is 13.9. The quantitative estimate of drug-likeness (QED) is 0.458. The number of halogens is 3. The van der Waals surface area contributed by atoms with Crippen molar-refractivity contribution in [2.75, 3.05) is 9.96 Å². The molecule has 3 unspecified atom stereocenters. The van der Waals surface area contributed by atoms with E-state index in [4.69, 9.17) is 16.4 Å². The lowest BCUT2D eigenvalue weighted by molar-refractivity contribution is -0.126. The van der Waals surface area contributed by atoms with Crippen molar-refractivity contribution in [3.8, 4) is 0 Å². The van der Waals surface area contributed by atoms with Gasteiger partial charge in [-0.05, 0) is 70.0 Å². The number of imide groups is 1. The Hall–Kier alpha value is -2.74. The summed E-state index contributed by atoms with van der Waals surface area (Å²) < 4.78 is 14.2. The van der Waals surface area contributed by atoms with Crippen LogP contribution >= 0.6 is 27.5 Å². The summed E-state index contributed by atoms with van der Waals surface area (Å²) in [6, 6.07) is 19.6. The normalized spacial score (nSPS) is 22.9. The molecular weight excluding hydrogens is 487 g/mol. The van der Waals surface area contributed by atoms with E-state index >= 15 is 0 Å². The van der Waals surface area contributed by atoms with E-state index in [-0.39, 0.29) is 10.4 Å². The molecule has 5 rings (SSSR count). The van der Waals surface area contributed by atoms with E-state index in [0.29, 0.717) is 22.0 Å². The van der Waals surface area contributed by atoms with Crippen LogP contribution in [-0.4, -0.2) is 17.9 Å². The van der Waals surface area contributed by atoms with Crippen LogP contribution in [-0.2, 0) is 14.4 Å². The number of hydrogen-bond donors (Lipinski definition) is 0. The second-order valence-corrected chi connectivity index (χ2v) is 8.61. The molecule has 2 heterocycles. The van der Waals surface area contributed by atoms with Crippen molar-refractivity contribution in [3.63, 3.8) is 0 Å². The minimum absolute atomic E-state index is 0.271. The van der Waals surface area contributed by atoms with Crippen LogP contribution in [0.3, 0.4) is 0 Å². The zero-order chi connectivity index (χ0) is 21.7. The summed E-state index contributed by atoms with van der Waals surface area (Å²) >= 11 is 9.16. The first-order chi connectivity index (χ1) is 15.0. The third-order valence-electron chi connectivity index (χ3n) is 5.50. The molecule has 2 aliphatic rings. The zero-order valence-electron chi connectivity index (χ0n) is 15.9. The molecule has 156 valence electrons. The van der Waals surface area contributed by atoms with Crippen molar-refractivity contribution in [1.29, 1.82) is 0 Å². The number of amides is 2. The lowest BCUT2D eigenvalue weighted by atomic mass is 9.90. The third-order valence-corrected chi connectivity index (χ3v) is 6.36. The molecule has 2 aliphatic heterocycles. The number of carbonyl (C=O) groups is 2. The van der Waals surface area contributed by atoms with Crippen molar-refractivity contribution in [2.24, 2.45) is 5.92 Å². The molecular formula is C23H15BrClFN2O3. The van der Waals surface area contributed by atoms with Crippen LogP contribution in [0.15, 0.2) is 77.3 Å². The summed E-state index contributed by atoms with van der Waals surface area (Å²) in [6.07, 6.45) is -0.989. The standard InChI is InChI=1S/C23H15BrClFN2O3/c24-17-12-13(6-11-18(17)26)20-19-21(31-28(20)16-4-2-1-3-5-16)23(30)27(22(19)29)15-9-7-14(25)8-10-15/h1-12,19-21H. The molecule has 0 aromatic heterocycles. The molecule has 0 N–H and O–H groups in total. The Balaban J connectivity index is 1.60. The molecule has 0 aliphatic carbocycles. The predicted octanol–water partition coefficient (Wildman–Crippen LogP) is 5.29. The highest BCUT2D eigenvalue weighted by molar-refractivity contribution is 9.10. The molecule has 0 bridgehead atoms. The average Bonchev–Trinajstić information content (AvgIpc) is 3.28. The number of hydroxylamine groups is 1. The number of anilines is 2. The number of carbonyl (C=O) groups excluding carboxylic acids is 2. The highest BCUT2D eigenvalue weighted by Gasteiger charge is 2.60. The highest BCUT2D eigenvalue weighted by Crippen LogP contribution is 2.48. The first kappa shape index (κ1) is 20.2. The number of nitrogens with zero attached hydrogens (tertiary/aromatic N) is 2. The van der Waals surface area contributed by atoms with Crippen LogP contribution in [0.5, 0.6) is 0 Å². The summed E-state index contributed by atoms with van der Waals surface area (Å²) in [5.74, 6) is -2.02. The van der Waals surface area contributed by atoms with Gasteiger partial charge in [-0.2, -0.15) is 0 Å². The van der Waals surface area contributed by atoms with Crippen molar-refractivity contribution < 1.29 is 18.8 Å². The summed E-state index contributed by atoms with van der Waals surface area (Å²) in [5.41, 5.74) is 1.78. The number of benzene rings is 3. The molecule has 31 heavy (non-hydrogen) atoms. The lowest BCUT2D eigenvalue weighted by Crippen LogP contribution is -2.37.